The van der Waals surface area contributed by atoms with Crippen LogP contribution in [0.2, 0.25) is 5.02 Å². The summed E-state index contributed by atoms with van der Waals surface area (Å²) in [5.74, 6) is 2.24. The fourth-order valence-corrected chi connectivity index (χ4v) is 2.85. The van der Waals surface area contributed by atoms with Crippen molar-refractivity contribution in [3.63, 3.8) is 0 Å². The second-order valence-electron chi connectivity index (χ2n) is 4.94. The van der Waals surface area contributed by atoms with Gasteiger partial charge in [0.15, 0.2) is 0 Å². The highest BCUT2D eigenvalue weighted by atomic mass is 35.5. The van der Waals surface area contributed by atoms with Crippen LogP contribution in [0, 0.1) is 5.92 Å². The molecule has 1 aromatic carbocycles. The molecule has 3 nitrogen and oxygen atoms in total. The lowest BCUT2D eigenvalue weighted by atomic mass is 9.92. The van der Waals surface area contributed by atoms with Gasteiger partial charge in [0, 0.05) is 6.07 Å². The number of benzene rings is 1. The number of rotatable bonds is 5. The van der Waals surface area contributed by atoms with Crippen molar-refractivity contribution >= 4 is 11.6 Å². The third-order valence-corrected chi connectivity index (χ3v) is 3.84. The highest BCUT2D eigenvalue weighted by molar-refractivity contribution is 6.32. The highest BCUT2D eigenvalue weighted by Gasteiger charge is 2.17. The van der Waals surface area contributed by atoms with Gasteiger partial charge < -0.3 is 14.8 Å². The van der Waals surface area contributed by atoms with Crippen molar-refractivity contribution < 1.29 is 9.47 Å². The first-order chi connectivity index (χ1) is 9.24. The summed E-state index contributed by atoms with van der Waals surface area (Å²) in [5.41, 5.74) is 1.18. The fraction of sp³-hybridized carbons (Fsp3) is 0.600. The molecule has 1 N–H and O–H groups in total. The Bertz CT molecular complexity index is 417. The van der Waals surface area contributed by atoms with Crippen molar-refractivity contribution in [2.75, 3.05) is 26.8 Å². The number of methoxy groups -OCH3 is 1. The van der Waals surface area contributed by atoms with Gasteiger partial charge in [-0.1, -0.05) is 11.6 Å². The van der Waals surface area contributed by atoms with Crippen molar-refractivity contribution in [2.24, 2.45) is 5.92 Å². The molecule has 0 aromatic heterocycles. The number of hydrogen-bond donors (Lipinski definition) is 1. The molecular formula is C15H22ClNO2. The van der Waals surface area contributed by atoms with Crippen LogP contribution in [0.5, 0.6) is 11.5 Å². The normalized spacial score (nSPS) is 19.2. The van der Waals surface area contributed by atoms with E-state index in [1.807, 2.05) is 19.1 Å². The maximum atomic E-state index is 6.22. The predicted molar refractivity (Wildman–Crippen MR) is 78.5 cm³/mol. The molecule has 19 heavy (non-hydrogen) atoms. The Balaban J connectivity index is 2.18. The van der Waals surface area contributed by atoms with Gasteiger partial charge in [-0.3, -0.25) is 0 Å². The standard InChI is InChI=1S/C15H22ClNO2/c1-3-19-14-9-15(18-2)13(16)8-12(14)7-11-5-4-6-17-10-11/h8-9,11,17H,3-7,10H2,1-2H3. The van der Waals surface area contributed by atoms with Crippen LogP contribution in [0.3, 0.4) is 0 Å². The van der Waals surface area contributed by atoms with Crippen LogP contribution in [-0.2, 0) is 6.42 Å². The molecule has 0 bridgehead atoms. The summed E-state index contributed by atoms with van der Waals surface area (Å²) in [7, 11) is 1.63. The monoisotopic (exact) mass is 283 g/mol. The lowest BCUT2D eigenvalue weighted by Gasteiger charge is -2.24. The maximum absolute atomic E-state index is 6.22. The van der Waals surface area contributed by atoms with Gasteiger partial charge in [-0.15, -0.1) is 0 Å². The Morgan fingerprint density at radius 1 is 1.37 bits per heavy atom. The predicted octanol–water partition coefficient (Wildman–Crippen LogP) is 3.29. The quantitative estimate of drug-likeness (QED) is 0.899. The molecule has 1 heterocycles. The Labute approximate surface area is 120 Å². The van der Waals surface area contributed by atoms with Crippen LogP contribution in [0.25, 0.3) is 0 Å². The zero-order chi connectivity index (χ0) is 13.7. The van der Waals surface area contributed by atoms with Crippen LogP contribution >= 0.6 is 11.6 Å². The van der Waals surface area contributed by atoms with Gasteiger partial charge in [-0.25, -0.2) is 0 Å². The van der Waals surface area contributed by atoms with Crippen LogP contribution < -0.4 is 14.8 Å². The summed E-state index contributed by atoms with van der Waals surface area (Å²) in [5, 5.41) is 4.10. The molecule has 1 atom stereocenters. The van der Waals surface area contributed by atoms with E-state index in [0.717, 1.165) is 25.3 Å². The molecule has 106 valence electrons. The number of piperidine rings is 1. The first-order valence-electron chi connectivity index (χ1n) is 6.94. The summed E-state index contributed by atoms with van der Waals surface area (Å²) in [4.78, 5) is 0. The first kappa shape index (κ1) is 14.5. The molecule has 0 aliphatic carbocycles. The van der Waals surface area contributed by atoms with E-state index in [1.54, 1.807) is 7.11 Å². The summed E-state index contributed by atoms with van der Waals surface area (Å²) in [6, 6.07) is 3.89. The summed E-state index contributed by atoms with van der Waals surface area (Å²) >= 11 is 6.22. The Kier molecular flexibility index (Phi) is 5.34. The van der Waals surface area contributed by atoms with E-state index >= 15 is 0 Å². The largest absolute Gasteiger partial charge is 0.495 e. The fourth-order valence-electron chi connectivity index (χ4n) is 2.59. The van der Waals surface area contributed by atoms with Crippen LogP contribution in [0.15, 0.2) is 12.1 Å². The zero-order valence-corrected chi connectivity index (χ0v) is 12.4. The summed E-state index contributed by atoms with van der Waals surface area (Å²) in [6.45, 7) is 4.86. The van der Waals surface area contributed by atoms with Gasteiger partial charge >= 0.3 is 0 Å². The number of nitrogens with one attached hydrogen (secondary N) is 1. The van der Waals surface area contributed by atoms with Crippen molar-refractivity contribution in [1.29, 1.82) is 0 Å². The van der Waals surface area contributed by atoms with Gasteiger partial charge in [0.2, 0.25) is 0 Å². The minimum Gasteiger partial charge on any atom is -0.495 e. The van der Waals surface area contributed by atoms with Gasteiger partial charge in [0.1, 0.15) is 11.5 Å². The third kappa shape index (κ3) is 3.77. The molecule has 1 fully saturated rings. The Morgan fingerprint density at radius 2 is 2.21 bits per heavy atom. The van der Waals surface area contributed by atoms with Gasteiger partial charge in [-0.05, 0) is 56.8 Å². The van der Waals surface area contributed by atoms with E-state index in [4.69, 9.17) is 21.1 Å². The number of ether oxygens (including phenoxy) is 2. The smallest absolute Gasteiger partial charge is 0.141 e. The van der Waals surface area contributed by atoms with Crippen molar-refractivity contribution in [2.45, 2.75) is 26.2 Å². The van der Waals surface area contributed by atoms with Crippen molar-refractivity contribution in [3.8, 4) is 11.5 Å². The molecule has 0 spiro atoms. The second kappa shape index (κ2) is 7.01. The van der Waals surface area contributed by atoms with Crippen molar-refractivity contribution in [3.05, 3.63) is 22.7 Å². The topological polar surface area (TPSA) is 30.5 Å². The number of halogens is 1. The molecule has 0 radical (unpaired) electrons. The molecule has 1 aromatic rings. The van der Waals surface area contributed by atoms with E-state index < -0.39 is 0 Å². The van der Waals surface area contributed by atoms with E-state index in [1.165, 1.54) is 18.4 Å². The minimum atomic E-state index is 0.653. The Hall–Kier alpha value is -0.930. The molecular weight excluding hydrogens is 262 g/mol. The lowest BCUT2D eigenvalue weighted by Crippen LogP contribution is -2.30. The summed E-state index contributed by atoms with van der Waals surface area (Å²) in [6.07, 6.45) is 3.52. The molecule has 1 unspecified atom stereocenters. The molecule has 1 aliphatic heterocycles. The zero-order valence-electron chi connectivity index (χ0n) is 11.7. The molecule has 1 aliphatic rings. The SMILES string of the molecule is CCOc1cc(OC)c(Cl)cc1CC1CCCNC1. The van der Waals surface area contributed by atoms with E-state index in [2.05, 4.69) is 5.32 Å². The second-order valence-corrected chi connectivity index (χ2v) is 5.35. The molecule has 0 saturated carbocycles. The number of hydrogen-bond acceptors (Lipinski definition) is 3. The molecule has 1 saturated heterocycles. The van der Waals surface area contributed by atoms with Gasteiger partial charge in [-0.2, -0.15) is 0 Å². The third-order valence-electron chi connectivity index (χ3n) is 3.54. The maximum Gasteiger partial charge on any atom is 0.141 e. The van der Waals surface area contributed by atoms with E-state index in [9.17, 15) is 0 Å². The Morgan fingerprint density at radius 3 is 2.84 bits per heavy atom. The minimum absolute atomic E-state index is 0.653. The molecule has 4 heteroatoms. The average molecular weight is 284 g/mol. The first-order valence-corrected chi connectivity index (χ1v) is 7.32. The van der Waals surface area contributed by atoms with Crippen LogP contribution in [0.4, 0.5) is 0 Å². The van der Waals surface area contributed by atoms with E-state index in [-0.39, 0.29) is 0 Å². The lowest BCUT2D eigenvalue weighted by molar-refractivity contribution is 0.324. The molecule has 2 rings (SSSR count). The van der Waals surface area contributed by atoms with Crippen LogP contribution in [-0.4, -0.2) is 26.8 Å². The average Bonchev–Trinajstić information content (AvgIpc) is 2.43. The van der Waals surface area contributed by atoms with Crippen LogP contribution in [0.1, 0.15) is 25.3 Å². The highest BCUT2D eigenvalue weighted by Crippen LogP contribution is 2.34. The van der Waals surface area contributed by atoms with E-state index in [0.29, 0.717) is 23.3 Å². The molecule has 0 amide bonds. The van der Waals surface area contributed by atoms with Crippen molar-refractivity contribution in [1.82, 2.24) is 5.32 Å². The van der Waals surface area contributed by atoms with Gasteiger partial charge in [0.05, 0.1) is 18.7 Å². The summed E-state index contributed by atoms with van der Waals surface area (Å²) < 4.78 is 11.0. The van der Waals surface area contributed by atoms with Gasteiger partial charge in [0.25, 0.3) is 0 Å².